The molecule has 3 heterocycles. The molecule has 2 aromatic rings. The summed E-state index contributed by atoms with van der Waals surface area (Å²) in [4.78, 5) is 22.3. The van der Waals surface area contributed by atoms with Crippen molar-refractivity contribution in [1.29, 1.82) is 0 Å². The van der Waals surface area contributed by atoms with Gasteiger partial charge in [0, 0.05) is 31.6 Å². The lowest BCUT2D eigenvalue weighted by Gasteiger charge is -2.00. The molecular formula is C10H10N4O2. The van der Waals surface area contributed by atoms with E-state index in [9.17, 15) is 4.79 Å². The summed E-state index contributed by atoms with van der Waals surface area (Å²) in [6.45, 7) is 0.498. The van der Waals surface area contributed by atoms with Crippen molar-refractivity contribution in [2.75, 3.05) is 0 Å². The number of carboxylic acid groups (broad SMARTS) is 1. The lowest BCUT2D eigenvalue weighted by molar-refractivity contribution is -0.141. The highest BCUT2D eigenvalue weighted by Crippen LogP contribution is 2.23. The van der Waals surface area contributed by atoms with Gasteiger partial charge in [-0.2, -0.15) is 0 Å². The van der Waals surface area contributed by atoms with Crippen LogP contribution in [-0.2, 0) is 17.8 Å². The molecule has 1 atom stereocenters. The van der Waals surface area contributed by atoms with Crippen LogP contribution in [0.25, 0.3) is 11.5 Å². The van der Waals surface area contributed by atoms with Gasteiger partial charge in [-0.1, -0.05) is 0 Å². The molecule has 0 aliphatic carbocycles. The van der Waals surface area contributed by atoms with Gasteiger partial charge in [0.25, 0.3) is 0 Å². The van der Waals surface area contributed by atoms with Crippen molar-refractivity contribution in [3.05, 3.63) is 24.4 Å². The summed E-state index contributed by atoms with van der Waals surface area (Å²) in [6.07, 6.45) is 5.74. The molecule has 0 radical (unpaired) electrons. The van der Waals surface area contributed by atoms with E-state index >= 15 is 0 Å². The maximum Gasteiger partial charge on any atom is 0.308 e. The van der Waals surface area contributed by atoms with Crippen molar-refractivity contribution in [2.45, 2.75) is 13.0 Å². The van der Waals surface area contributed by atoms with Gasteiger partial charge < -0.3 is 14.7 Å². The van der Waals surface area contributed by atoms with E-state index < -0.39 is 5.97 Å². The molecule has 0 spiro atoms. The Kier molecular flexibility index (Phi) is 1.82. The normalized spacial score (nSPS) is 18.6. The van der Waals surface area contributed by atoms with Crippen molar-refractivity contribution in [1.82, 2.24) is 19.5 Å². The van der Waals surface area contributed by atoms with Gasteiger partial charge in [-0.15, -0.1) is 0 Å². The third-order valence-corrected chi connectivity index (χ3v) is 2.80. The molecule has 0 bridgehead atoms. The van der Waals surface area contributed by atoms with Gasteiger partial charge in [-0.3, -0.25) is 4.79 Å². The number of nitrogens with one attached hydrogen (secondary N) is 1. The van der Waals surface area contributed by atoms with Gasteiger partial charge in [-0.05, 0) is 0 Å². The van der Waals surface area contributed by atoms with Crippen molar-refractivity contribution in [2.24, 2.45) is 5.92 Å². The Balaban J connectivity index is 1.90. The molecule has 2 aromatic heterocycles. The zero-order valence-corrected chi connectivity index (χ0v) is 8.42. The summed E-state index contributed by atoms with van der Waals surface area (Å²) >= 11 is 0. The summed E-state index contributed by atoms with van der Waals surface area (Å²) in [5, 5.41) is 8.90. The average Bonchev–Trinajstić information content (AvgIpc) is 2.91. The van der Waals surface area contributed by atoms with Crippen LogP contribution in [-0.4, -0.2) is 30.6 Å². The fourth-order valence-corrected chi connectivity index (χ4v) is 1.98. The number of aromatic nitrogens is 4. The second kappa shape index (κ2) is 3.19. The summed E-state index contributed by atoms with van der Waals surface area (Å²) in [6, 6.07) is 0. The Morgan fingerprint density at radius 3 is 3.12 bits per heavy atom. The van der Waals surface area contributed by atoms with Gasteiger partial charge in [0.15, 0.2) is 5.82 Å². The standard InChI is InChI=1S/C10H10N4O2/c15-10(16)6-3-8-13-7(5-14(8)4-6)9-11-1-2-12-9/h1-2,5-6H,3-4H2,(H,11,12)(H,15,16). The number of H-pyrrole nitrogens is 1. The zero-order chi connectivity index (χ0) is 11.1. The lowest BCUT2D eigenvalue weighted by Crippen LogP contribution is -2.14. The fourth-order valence-electron chi connectivity index (χ4n) is 1.98. The summed E-state index contributed by atoms with van der Waals surface area (Å²) < 4.78 is 1.89. The Hall–Kier alpha value is -2.11. The first-order valence-corrected chi connectivity index (χ1v) is 5.02. The number of hydrogen-bond donors (Lipinski definition) is 2. The second-order valence-corrected chi connectivity index (χ2v) is 3.87. The third kappa shape index (κ3) is 1.30. The minimum absolute atomic E-state index is 0.340. The molecule has 0 saturated heterocycles. The van der Waals surface area contributed by atoms with Crippen molar-refractivity contribution < 1.29 is 9.90 Å². The Bertz CT molecular complexity index is 506. The number of imidazole rings is 2. The Morgan fingerprint density at radius 2 is 2.50 bits per heavy atom. The summed E-state index contributed by atoms with van der Waals surface area (Å²) in [7, 11) is 0. The second-order valence-electron chi connectivity index (χ2n) is 3.87. The predicted molar refractivity (Wildman–Crippen MR) is 54.6 cm³/mol. The van der Waals surface area contributed by atoms with Gasteiger partial charge in [0.2, 0.25) is 0 Å². The van der Waals surface area contributed by atoms with Gasteiger partial charge >= 0.3 is 5.97 Å². The highest BCUT2D eigenvalue weighted by atomic mass is 16.4. The number of fused-ring (bicyclic) bond motifs is 1. The van der Waals surface area contributed by atoms with E-state index in [4.69, 9.17) is 5.11 Å². The van der Waals surface area contributed by atoms with Crippen LogP contribution in [0.5, 0.6) is 0 Å². The minimum Gasteiger partial charge on any atom is -0.481 e. The van der Waals surface area contributed by atoms with E-state index in [0.29, 0.717) is 18.8 Å². The average molecular weight is 218 g/mol. The lowest BCUT2D eigenvalue weighted by atomic mass is 10.1. The number of aliphatic carboxylic acids is 1. The van der Waals surface area contributed by atoms with Crippen LogP contribution in [0.4, 0.5) is 0 Å². The van der Waals surface area contributed by atoms with E-state index in [2.05, 4.69) is 15.0 Å². The maximum atomic E-state index is 10.8. The van der Waals surface area contributed by atoms with Crippen molar-refractivity contribution in [3.8, 4) is 11.5 Å². The first-order chi connectivity index (χ1) is 7.74. The first-order valence-electron chi connectivity index (χ1n) is 5.02. The highest BCUT2D eigenvalue weighted by Gasteiger charge is 2.29. The molecule has 2 N–H and O–H groups in total. The molecule has 6 heteroatoms. The van der Waals surface area contributed by atoms with Crippen LogP contribution in [0.2, 0.25) is 0 Å². The fraction of sp³-hybridized carbons (Fsp3) is 0.300. The molecule has 82 valence electrons. The Morgan fingerprint density at radius 1 is 1.62 bits per heavy atom. The zero-order valence-electron chi connectivity index (χ0n) is 8.42. The summed E-state index contributed by atoms with van der Waals surface area (Å²) in [5.74, 6) is 0.436. The van der Waals surface area contributed by atoms with Crippen LogP contribution in [0.1, 0.15) is 5.82 Å². The number of carbonyl (C=O) groups is 1. The molecule has 6 nitrogen and oxygen atoms in total. The van der Waals surface area contributed by atoms with Gasteiger partial charge in [0.05, 0.1) is 5.92 Å². The molecule has 0 saturated carbocycles. The van der Waals surface area contributed by atoms with Crippen LogP contribution in [0.15, 0.2) is 18.6 Å². The first kappa shape index (κ1) is 9.14. The number of nitrogens with zero attached hydrogens (tertiary/aromatic N) is 3. The highest BCUT2D eigenvalue weighted by molar-refractivity contribution is 5.70. The molecule has 1 aliphatic rings. The van der Waals surface area contributed by atoms with Gasteiger partial charge in [0.1, 0.15) is 11.5 Å². The van der Waals surface area contributed by atoms with Gasteiger partial charge in [-0.25, -0.2) is 9.97 Å². The van der Waals surface area contributed by atoms with E-state index in [1.54, 1.807) is 12.4 Å². The molecule has 16 heavy (non-hydrogen) atoms. The van der Waals surface area contributed by atoms with Crippen molar-refractivity contribution in [3.63, 3.8) is 0 Å². The van der Waals surface area contributed by atoms with E-state index in [0.717, 1.165) is 11.5 Å². The minimum atomic E-state index is -0.759. The largest absolute Gasteiger partial charge is 0.481 e. The van der Waals surface area contributed by atoms with E-state index in [1.165, 1.54) is 0 Å². The predicted octanol–water partition coefficient (Wildman–Crippen LogP) is 0.530. The smallest absolute Gasteiger partial charge is 0.308 e. The number of hydrogen-bond acceptors (Lipinski definition) is 3. The molecule has 0 amide bonds. The molecular weight excluding hydrogens is 208 g/mol. The molecule has 0 fully saturated rings. The third-order valence-electron chi connectivity index (χ3n) is 2.80. The van der Waals surface area contributed by atoms with Crippen LogP contribution in [0.3, 0.4) is 0 Å². The topological polar surface area (TPSA) is 83.8 Å². The molecule has 0 aromatic carbocycles. The number of rotatable bonds is 2. The SMILES string of the molecule is O=C(O)C1Cc2nc(-c3ncc[nH]3)cn2C1. The van der Waals surface area contributed by atoms with Crippen molar-refractivity contribution >= 4 is 5.97 Å². The van der Waals surface area contributed by atoms with Crippen LogP contribution in [0, 0.1) is 5.92 Å². The molecule has 3 rings (SSSR count). The number of carboxylic acids is 1. The monoisotopic (exact) mass is 218 g/mol. The molecule has 1 aliphatic heterocycles. The maximum absolute atomic E-state index is 10.8. The summed E-state index contributed by atoms with van der Waals surface area (Å²) in [5.41, 5.74) is 0.767. The van der Waals surface area contributed by atoms with Crippen LogP contribution < -0.4 is 0 Å². The molecule has 1 unspecified atom stereocenters. The van der Waals surface area contributed by atoms with Crippen LogP contribution >= 0.6 is 0 Å². The van der Waals surface area contributed by atoms with E-state index in [1.807, 2.05) is 10.8 Å². The Labute approximate surface area is 91.0 Å². The van der Waals surface area contributed by atoms with E-state index in [-0.39, 0.29) is 5.92 Å². The number of aromatic amines is 1. The quantitative estimate of drug-likeness (QED) is 0.770.